The van der Waals surface area contributed by atoms with Crippen LogP contribution in [0.2, 0.25) is 0 Å². The maximum absolute atomic E-state index is 14.0. The number of alkyl carbamates (subject to hydrolysis) is 1. The van der Waals surface area contributed by atoms with Crippen molar-refractivity contribution in [3.05, 3.63) is 163 Å². The highest BCUT2D eigenvalue weighted by Crippen LogP contribution is 2.44. The minimum absolute atomic E-state index is 0.0323. The van der Waals surface area contributed by atoms with Gasteiger partial charge in [-0.25, -0.2) is 9.59 Å². The highest BCUT2D eigenvalue weighted by molar-refractivity contribution is 6.00. The number of rotatable bonds is 21. The van der Waals surface area contributed by atoms with Crippen molar-refractivity contribution in [2.24, 2.45) is 5.92 Å². The molecule has 0 spiro atoms. The molecule has 1 aliphatic carbocycles. The molecule has 1 aliphatic rings. The lowest BCUT2D eigenvalue weighted by Crippen LogP contribution is -2.50. The number of benzene rings is 5. The number of amides is 4. The summed E-state index contributed by atoms with van der Waals surface area (Å²) in [6.45, 7) is 6.96. The summed E-state index contributed by atoms with van der Waals surface area (Å²) >= 11 is 0. The Labute approximate surface area is 361 Å². The SMILES string of the molecule is C=CCC[C@H](NC(=O)OCC1c2ccccc2-c2ccccc21)C(=O)OC[C@H](NC(=O)[C@H](CC=C)CC(=O)N(CCO)Cc1ccccc1)C(=O)Nc1ccc2ccccc2c1. The first-order chi connectivity index (χ1) is 30.2. The van der Waals surface area contributed by atoms with Gasteiger partial charge in [0.25, 0.3) is 5.91 Å². The van der Waals surface area contributed by atoms with Crippen molar-refractivity contribution in [3.8, 4) is 11.1 Å². The van der Waals surface area contributed by atoms with Crippen LogP contribution in [-0.4, -0.2) is 78.2 Å². The minimum Gasteiger partial charge on any atom is -0.461 e. The number of nitrogens with zero attached hydrogens (tertiary/aromatic N) is 1. The molecule has 62 heavy (non-hydrogen) atoms. The Hall–Kier alpha value is -7.05. The zero-order chi connectivity index (χ0) is 43.8. The Morgan fingerprint density at radius 2 is 1.39 bits per heavy atom. The first-order valence-corrected chi connectivity index (χ1v) is 20.7. The normalized spacial score (nSPS) is 13.0. The molecular weight excluding hydrogens is 785 g/mol. The molecule has 6 rings (SSSR count). The van der Waals surface area contributed by atoms with Gasteiger partial charge >= 0.3 is 12.1 Å². The third-order valence-electron chi connectivity index (χ3n) is 10.8. The predicted molar refractivity (Wildman–Crippen MR) is 239 cm³/mol. The average molecular weight is 837 g/mol. The van der Waals surface area contributed by atoms with E-state index < -0.39 is 48.5 Å². The van der Waals surface area contributed by atoms with Gasteiger partial charge in [-0.15, -0.1) is 13.2 Å². The summed E-state index contributed by atoms with van der Waals surface area (Å²) in [5.74, 6) is -3.69. The molecule has 0 bridgehead atoms. The molecular formula is C50H52N4O8. The van der Waals surface area contributed by atoms with Crippen LogP contribution in [-0.2, 0) is 35.2 Å². The van der Waals surface area contributed by atoms with Gasteiger partial charge in [0.15, 0.2) is 0 Å². The van der Waals surface area contributed by atoms with Crippen molar-refractivity contribution >= 4 is 46.2 Å². The number of esters is 1. The first kappa shape index (κ1) is 44.5. The van der Waals surface area contributed by atoms with E-state index in [0.717, 1.165) is 38.6 Å². The number of aliphatic hydroxyl groups is 1. The summed E-state index contributed by atoms with van der Waals surface area (Å²) in [5, 5.41) is 19.7. The van der Waals surface area contributed by atoms with Crippen LogP contribution >= 0.6 is 0 Å². The van der Waals surface area contributed by atoms with Gasteiger partial charge in [-0.3, -0.25) is 14.4 Å². The third kappa shape index (κ3) is 11.6. The average Bonchev–Trinajstić information content (AvgIpc) is 3.61. The van der Waals surface area contributed by atoms with Gasteiger partial charge in [0.1, 0.15) is 25.3 Å². The number of allylic oxidation sites excluding steroid dienone is 2. The molecule has 0 saturated heterocycles. The van der Waals surface area contributed by atoms with Crippen LogP contribution in [0.4, 0.5) is 10.5 Å². The molecule has 4 amide bonds. The standard InChI is InChI=1S/C50H52N4O8/c1-3-5-24-44(53-50(60)62-32-43-41-22-13-11-20-39(41)40-21-12-14-23-42(40)43)49(59)61-33-45(48(58)51-38-26-25-35-18-9-10-19-36(35)29-38)52-47(57)37(15-4-2)30-46(56)54(27-28-55)31-34-16-7-6-8-17-34/h3-4,6-14,16-23,25-26,29,37,43-45,55H,1-2,5,15,24,27-28,30-33H2,(H,51,58)(H,52,57)(H,53,60)/t37-,44+,45+/m1/s1. The smallest absolute Gasteiger partial charge is 0.407 e. The van der Waals surface area contributed by atoms with Crippen molar-refractivity contribution in [1.29, 1.82) is 0 Å². The Bertz CT molecular complexity index is 2340. The van der Waals surface area contributed by atoms with E-state index in [-0.39, 0.29) is 57.4 Å². The maximum atomic E-state index is 14.0. The predicted octanol–water partition coefficient (Wildman–Crippen LogP) is 7.28. The second-order valence-corrected chi connectivity index (χ2v) is 15.1. The fraction of sp³-hybridized carbons (Fsp3) is 0.260. The second-order valence-electron chi connectivity index (χ2n) is 15.1. The quantitative estimate of drug-likeness (QED) is 0.0443. The number of fused-ring (bicyclic) bond motifs is 4. The third-order valence-corrected chi connectivity index (χ3v) is 10.8. The van der Waals surface area contributed by atoms with Gasteiger partial charge in [0.05, 0.1) is 12.5 Å². The lowest BCUT2D eigenvalue weighted by molar-refractivity contribution is -0.148. The molecule has 0 aliphatic heterocycles. The van der Waals surface area contributed by atoms with Crippen LogP contribution in [0.1, 0.15) is 48.3 Å². The van der Waals surface area contributed by atoms with Crippen LogP contribution in [0.15, 0.2) is 147 Å². The highest BCUT2D eigenvalue weighted by atomic mass is 16.6. The first-order valence-electron chi connectivity index (χ1n) is 20.7. The number of hydrogen-bond donors (Lipinski definition) is 4. The van der Waals surface area contributed by atoms with Crippen molar-refractivity contribution in [2.45, 2.75) is 50.2 Å². The fourth-order valence-electron chi connectivity index (χ4n) is 7.59. The minimum atomic E-state index is -1.41. The van der Waals surface area contributed by atoms with E-state index in [1.165, 1.54) is 11.0 Å². The topological polar surface area (TPSA) is 163 Å². The molecule has 0 radical (unpaired) electrons. The summed E-state index contributed by atoms with van der Waals surface area (Å²) in [4.78, 5) is 70.0. The van der Waals surface area contributed by atoms with Gasteiger partial charge in [0.2, 0.25) is 11.8 Å². The highest BCUT2D eigenvalue weighted by Gasteiger charge is 2.32. The summed E-state index contributed by atoms with van der Waals surface area (Å²) in [7, 11) is 0. The summed E-state index contributed by atoms with van der Waals surface area (Å²) < 4.78 is 11.4. The maximum Gasteiger partial charge on any atom is 0.407 e. The Morgan fingerprint density at radius 1 is 0.726 bits per heavy atom. The van der Waals surface area contributed by atoms with Crippen LogP contribution in [0, 0.1) is 5.92 Å². The molecule has 0 unspecified atom stereocenters. The zero-order valence-electron chi connectivity index (χ0n) is 34.5. The molecule has 5 aromatic rings. The lowest BCUT2D eigenvalue weighted by Gasteiger charge is -2.26. The lowest BCUT2D eigenvalue weighted by atomic mass is 9.98. The summed E-state index contributed by atoms with van der Waals surface area (Å²) in [6.07, 6.45) is 2.62. The van der Waals surface area contributed by atoms with Gasteiger partial charge in [-0.05, 0) is 70.0 Å². The molecule has 12 nitrogen and oxygen atoms in total. The van der Waals surface area contributed by atoms with Crippen LogP contribution < -0.4 is 16.0 Å². The van der Waals surface area contributed by atoms with Crippen molar-refractivity contribution < 1.29 is 38.6 Å². The van der Waals surface area contributed by atoms with Crippen molar-refractivity contribution in [1.82, 2.24) is 15.5 Å². The van der Waals surface area contributed by atoms with E-state index in [4.69, 9.17) is 9.47 Å². The molecule has 4 N–H and O–H groups in total. The van der Waals surface area contributed by atoms with E-state index >= 15 is 0 Å². The summed E-state index contributed by atoms with van der Waals surface area (Å²) in [5.41, 5.74) is 5.52. The van der Waals surface area contributed by atoms with Gasteiger partial charge < -0.3 is 35.4 Å². The molecule has 0 fully saturated rings. The molecule has 0 aromatic heterocycles. The van der Waals surface area contributed by atoms with Crippen LogP contribution in [0.25, 0.3) is 21.9 Å². The zero-order valence-corrected chi connectivity index (χ0v) is 34.5. The fourth-order valence-corrected chi connectivity index (χ4v) is 7.59. The Morgan fingerprint density at radius 3 is 2.06 bits per heavy atom. The second kappa shape index (κ2) is 22.0. The number of hydrogen-bond acceptors (Lipinski definition) is 8. The van der Waals surface area contributed by atoms with Gasteiger partial charge in [-0.1, -0.05) is 121 Å². The van der Waals surface area contributed by atoms with Gasteiger partial charge in [0, 0.05) is 31.1 Å². The van der Waals surface area contributed by atoms with Gasteiger partial charge in [-0.2, -0.15) is 0 Å². The van der Waals surface area contributed by atoms with Crippen molar-refractivity contribution in [2.75, 3.05) is 31.7 Å². The number of ether oxygens (including phenoxy) is 2. The monoisotopic (exact) mass is 836 g/mol. The number of carbonyl (C=O) groups excluding carboxylic acids is 5. The Balaban J connectivity index is 1.15. The number of aliphatic hydroxyl groups excluding tert-OH is 1. The molecule has 320 valence electrons. The van der Waals surface area contributed by atoms with Crippen LogP contribution in [0.5, 0.6) is 0 Å². The van der Waals surface area contributed by atoms with E-state index in [9.17, 15) is 29.1 Å². The van der Waals surface area contributed by atoms with E-state index in [1.54, 1.807) is 18.2 Å². The number of nitrogens with one attached hydrogen (secondary N) is 3. The van der Waals surface area contributed by atoms with E-state index in [1.807, 2.05) is 109 Å². The molecule has 3 atom stereocenters. The van der Waals surface area contributed by atoms with E-state index in [2.05, 4.69) is 29.1 Å². The molecule has 5 aromatic carbocycles. The molecule has 0 heterocycles. The van der Waals surface area contributed by atoms with Crippen LogP contribution in [0.3, 0.4) is 0 Å². The number of anilines is 1. The molecule has 0 saturated carbocycles. The van der Waals surface area contributed by atoms with Crippen molar-refractivity contribution in [3.63, 3.8) is 0 Å². The van der Waals surface area contributed by atoms with E-state index in [0.29, 0.717) is 12.1 Å². The summed E-state index contributed by atoms with van der Waals surface area (Å²) in [6, 6.07) is 35.5. The molecule has 12 heteroatoms. The Kier molecular flexibility index (Phi) is 15.8. The largest absolute Gasteiger partial charge is 0.461 e. The number of carbonyl (C=O) groups is 5.